The second kappa shape index (κ2) is 7.05. The molecule has 1 amide bonds. The molecule has 0 heterocycles. The van der Waals surface area contributed by atoms with Gasteiger partial charge in [-0.05, 0) is 30.9 Å². The van der Waals surface area contributed by atoms with Gasteiger partial charge in [0.05, 0.1) is 17.4 Å². The average molecular weight is 455 g/mol. The van der Waals surface area contributed by atoms with E-state index in [1.165, 1.54) is 12.1 Å². The maximum absolute atomic E-state index is 13.5. The van der Waals surface area contributed by atoms with Crippen LogP contribution >= 0.6 is 0 Å². The first kappa shape index (κ1) is 21.4. The van der Waals surface area contributed by atoms with Crippen LogP contribution in [0.4, 0.5) is 0 Å². The number of Topliss-reactive ketones (excluding diaryl/α,β-unsaturated/α-hetero) is 4. The second-order valence-corrected chi connectivity index (χ2v) is 9.30. The molecule has 0 radical (unpaired) electrons. The Labute approximate surface area is 187 Å². The van der Waals surface area contributed by atoms with E-state index in [1.54, 1.807) is 6.07 Å². The highest BCUT2D eigenvalue weighted by molar-refractivity contribution is 6.31. The zero-order chi connectivity index (χ0) is 23.8. The van der Waals surface area contributed by atoms with Crippen LogP contribution in [0.25, 0.3) is 0 Å². The molecule has 4 aliphatic rings. The van der Waals surface area contributed by atoms with E-state index in [9.17, 15) is 39.0 Å². The van der Waals surface area contributed by atoms with Crippen molar-refractivity contribution in [1.29, 1.82) is 0 Å². The van der Waals surface area contributed by atoms with E-state index in [2.05, 4.69) is 0 Å². The molecule has 6 atom stereocenters. The number of phenolic OH excluding ortho intramolecular Hbond substituents is 1. The van der Waals surface area contributed by atoms with Gasteiger partial charge in [0.15, 0.2) is 34.7 Å². The molecular formula is C23H21NO9. The molecule has 0 spiro atoms. The highest BCUT2D eigenvalue weighted by atomic mass is 16.5. The third kappa shape index (κ3) is 2.90. The molecular weight excluding hydrogens is 434 g/mol. The van der Waals surface area contributed by atoms with Gasteiger partial charge in [-0.1, -0.05) is 12.1 Å². The van der Waals surface area contributed by atoms with E-state index < -0.39 is 76.8 Å². The van der Waals surface area contributed by atoms with Crippen LogP contribution in [0.15, 0.2) is 18.2 Å². The van der Waals surface area contributed by atoms with Crippen molar-refractivity contribution in [3.63, 3.8) is 0 Å². The number of primary amides is 1. The number of aromatic hydroxyl groups is 1. The van der Waals surface area contributed by atoms with Crippen LogP contribution in [0.5, 0.6) is 5.75 Å². The Morgan fingerprint density at radius 3 is 2.39 bits per heavy atom. The van der Waals surface area contributed by atoms with E-state index in [4.69, 9.17) is 10.5 Å². The molecule has 0 aliphatic heterocycles. The first-order chi connectivity index (χ1) is 15.6. The summed E-state index contributed by atoms with van der Waals surface area (Å²) in [6.07, 6.45) is -0.640. The van der Waals surface area contributed by atoms with Crippen LogP contribution in [0.1, 0.15) is 35.2 Å². The first-order valence-electron chi connectivity index (χ1n) is 10.8. The molecule has 1 aromatic rings. The normalized spacial score (nSPS) is 35.4. The number of hydrogen-bond acceptors (Lipinski definition) is 9. The quantitative estimate of drug-likeness (QED) is 0.391. The third-order valence-corrected chi connectivity index (χ3v) is 7.38. The summed E-state index contributed by atoms with van der Waals surface area (Å²) >= 11 is 0. The van der Waals surface area contributed by atoms with Crippen LogP contribution in [0.2, 0.25) is 0 Å². The predicted octanol–water partition coefficient (Wildman–Crippen LogP) is -0.741. The molecule has 5 rings (SSSR count). The topological polar surface area (TPSA) is 178 Å². The van der Waals surface area contributed by atoms with Crippen LogP contribution in [-0.2, 0) is 35.1 Å². The minimum absolute atomic E-state index is 0.0443. The zero-order valence-electron chi connectivity index (χ0n) is 17.4. The molecule has 1 aromatic carbocycles. The second-order valence-electron chi connectivity index (χ2n) is 9.30. The van der Waals surface area contributed by atoms with Crippen LogP contribution in [-0.4, -0.2) is 56.9 Å². The van der Waals surface area contributed by atoms with Crippen molar-refractivity contribution >= 4 is 35.0 Å². The molecule has 10 heteroatoms. The standard InChI is InChI=1S/C23H21NO9/c24-21(30)16-13(26)7-11-18(33-22(31)8-4-5-8)10-6-9-2-1-3-12(25)14(9)17(27)15(10)19(28)23(11,32)20(16)29/h1-3,8,10-11,15-16,18,25,32H,4-7H2,(H2,24,30)/t10-,11-,15?,16?,18+,23+/m1/s1. The Morgan fingerprint density at radius 2 is 1.76 bits per heavy atom. The van der Waals surface area contributed by atoms with Gasteiger partial charge in [-0.3, -0.25) is 28.8 Å². The number of fused-ring (bicyclic) bond motifs is 3. The summed E-state index contributed by atoms with van der Waals surface area (Å²) in [5, 5.41) is 21.7. The molecule has 3 fully saturated rings. The number of ketones is 4. The van der Waals surface area contributed by atoms with E-state index >= 15 is 0 Å². The van der Waals surface area contributed by atoms with Crippen molar-refractivity contribution in [2.45, 2.75) is 37.4 Å². The van der Waals surface area contributed by atoms with Crippen molar-refractivity contribution < 1.29 is 43.7 Å². The summed E-state index contributed by atoms with van der Waals surface area (Å²) in [4.78, 5) is 77.0. The molecule has 172 valence electrons. The van der Waals surface area contributed by atoms with E-state index in [0.717, 1.165) is 0 Å². The number of carbonyl (C=O) groups is 6. The molecule has 0 bridgehead atoms. The Hall–Kier alpha value is -3.40. The Balaban J connectivity index is 1.66. The number of nitrogens with two attached hydrogens (primary N) is 1. The molecule has 33 heavy (non-hydrogen) atoms. The number of esters is 1. The predicted molar refractivity (Wildman–Crippen MR) is 106 cm³/mol. The maximum atomic E-state index is 13.5. The SMILES string of the molecule is NC(=O)C1C(=O)C[C@@H]2[C@@H](OC(=O)C3CC3)[C@@H]3Cc4cccc(O)c4C(=O)C3C(=O)[C@]2(O)C1=O. The lowest BCUT2D eigenvalue weighted by Crippen LogP contribution is -2.72. The first-order valence-corrected chi connectivity index (χ1v) is 10.8. The third-order valence-electron chi connectivity index (χ3n) is 7.38. The van der Waals surface area contributed by atoms with Gasteiger partial charge >= 0.3 is 5.97 Å². The van der Waals surface area contributed by atoms with Crippen molar-refractivity contribution in [2.75, 3.05) is 0 Å². The van der Waals surface area contributed by atoms with Crippen molar-refractivity contribution in [2.24, 2.45) is 35.3 Å². The minimum atomic E-state index is -2.90. The van der Waals surface area contributed by atoms with Crippen LogP contribution in [0, 0.1) is 29.6 Å². The number of amides is 1. The smallest absolute Gasteiger partial charge is 0.309 e. The van der Waals surface area contributed by atoms with E-state index in [1.807, 2.05) is 0 Å². The molecule has 2 unspecified atom stereocenters. The van der Waals surface area contributed by atoms with Crippen molar-refractivity contribution in [3.8, 4) is 5.75 Å². The van der Waals surface area contributed by atoms with Crippen LogP contribution in [0.3, 0.4) is 0 Å². The fraction of sp³-hybridized carbons (Fsp3) is 0.478. The number of phenols is 1. The minimum Gasteiger partial charge on any atom is -0.507 e. The highest BCUT2D eigenvalue weighted by Crippen LogP contribution is 2.51. The monoisotopic (exact) mass is 455 g/mol. The van der Waals surface area contributed by atoms with Gasteiger partial charge in [0.25, 0.3) is 0 Å². The summed E-state index contributed by atoms with van der Waals surface area (Å²) in [7, 11) is 0. The van der Waals surface area contributed by atoms with E-state index in [0.29, 0.717) is 18.4 Å². The lowest BCUT2D eigenvalue weighted by atomic mass is 9.52. The summed E-state index contributed by atoms with van der Waals surface area (Å²) in [5.74, 6) is -12.9. The Morgan fingerprint density at radius 1 is 1.06 bits per heavy atom. The largest absolute Gasteiger partial charge is 0.507 e. The summed E-state index contributed by atoms with van der Waals surface area (Å²) in [6.45, 7) is 0. The van der Waals surface area contributed by atoms with Gasteiger partial charge < -0.3 is 20.7 Å². The van der Waals surface area contributed by atoms with Gasteiger partial charge in [-0.25, -0.2) is 0 Å². The molecule has 10 nitrogen and oxygen atoms in total. The van der Waals surface area contributed by atoms with Crippen molar-refractivity contribution in [3.05, 3.63) is 29.3 Å². The number of benzene rings is 1. The van der Waals surface area contributed by atoms with Gasteiger partial charge in [-0.15, -0.1) is 0 Å². The summed E-state index contributed by atoms with van der Waals surface area (Å²) < 4.78 is 5.67. The van der Waals surface area contributed by atoms with Crippen molar-refractivity contribution in [1.82, 2.24) is 0 Å². The summed E-state index contributed by atoms with van der Waals surface area (Å²) in [5.41, 5.74) is 2.61. The number of ether oxygens (including phenoxy) is 1. The average Bonchev–Trinajstić information content (AvgIpc) is 3.58. The zero-order valence-corrected chi connectivity index (χ0v) is 17.4. The lowest BCUT2D eigenvalue weighted by Gasteiger charge is -2.52. The van der Waals surface area contributed by atoms with E-state index in [-0.39, 0.29) is 23.7 Å². The molecule has 3 saturated carbocycles. The van der Waals surface area contributed by atoms with Gasteiger partial charge in [0, 0.05) is 18.3 Å². The number of hydrogen-bond donors (Lipinski definition) is 3. The summed E-state index contributed by atoms with van der Waals surface area (Å²) in [6, 6.07) is 4.40. The van der Waals surface area contributed by atoms with Gasteiger partial charge in [-0.2, -0.15) is 0 Å². The molecule has 0 aromatic heterocycles. The number of carbonyl (C=O) groups excluding carboxylic acids is 6. The molecule has 4 N–H and O–H groups in total. The molecule has 0 saturated heterocycles. The van der Waals surface area contributed by atoms with Gasteiger partial charge in [0.2, 0.25) is 5.91 Å². The van der Waals surface area contributed by atoms with Gasteiger partial charge in [0.1, 0.15) is 11.9 Å². The Kier molecular flexibility index (Phi) is 4.58. The Bertz CT molecular complexity index is 1150. The molecule has 4 aliphatic carbocycles. The fourth-order valence-electron chi connectivity index (χ4n) is 5.61. The lowest BCUT2D eigenvalue weighted by molar-refractivity contribution is -0.197. The maximum Gasteiger partial charge on any atom is 0.309 e. The number of rotatable bonds is 3. The fourth-order valence-corrected chi connectivity index (χ4v) is 5.61. The number of aliphatic hydroxyl groups is 1. The van der Waals surface area contributed by atoms with Crippen LogP contribution < -0.4 is 5.73 Å². The highest BCUT2D eigenvalue weighted by Gasteiger charge is 2.70.